The molecule has 0 aliphatic rings. The topological polar surface area (TPSA) is 71.9 Å². The number of hydrogen-bond acceptors (Lipinski definition) is 5. The van der Waals surface area contributed by atoms with Crippen molar-refractivity contribution in [2.75, 3.05) is 7.11 Å². The van der Waals surface area contributed by atoms with Crippen molar-refractivity contribution in [1.29, 1.82) is 5.26 Å². The van der Waals surface area contributed by atoms with Gasteiger partial charge in [0.2, 0.25) is 5.88 Å². The van der Waals surface area contributed by atoms with Crippen LogP contribution >= 0.6 is 0 Å². The summed E-state index contributed by atoms with van der Waals surface area (Å²) < 4.78 is 10.5. The fourth-order valence-electron chi connectivity index (χ4n) is 1.33. The molecule has 0 bridgehead atoms. The Balaban J connectivity index is 2.53. The Bertz CT molecular complexity index is 555. The summed E-state index contributed by atoms with van der Waals surface area (Å²) >= 11 is 0. The third-order valence-corrected chi connectivity index (χ3v) is 2.05. The van der Waals surface area contributed by atoms with Gasteiger partial charge in [-0.25, -0.2) is 9.97 Å². The number of pyridine rings is 1. The Kier molecular flexibility index (Phi) is 2.56. The van der Waals surface area contributed by atoms with Crippen LogP contribution in [0.1, 0.15) is 11.6 Å². The Hall–Kier alpha value is -2.35. The molecule has 2 heterocycles. The highest BCUT2D eigenvalue weighted by molar-refractivity contribution is 5.63. The van der Waals surface area contributed by atoms with Crippen molar-refractivity contribution < 1.29 is 9.15 Å². The average molecular weight is 215 g/mol. The van der Waals surface area contributed by atoms with E-state index in [0.717, 1.165) is 0 Å². The maximum atomic E-state index is 8.72. The molecule has 5 heteroatoms. The molecule has 2 aromatic heterocycles. The predicted octanol–water partition coefficient (Wildman–Crippen LogP) is 1.93. The lowest BCUT2D eigenvalue weighted by Crippen LogP contribution is -1.93. The quantitative estimate of drug-likeness (QED) is 0.765. The minimum absolute atomic E-state index is 0.303. The molecule has 80 valence electrons. The molecule has 0 aliphatic carbocycles. The summed E-state index contributed by atoms with van der Waals surface area (Å²) in [6.45, 7) is 1.76. The van der Waals surface area contributed by atoms with E-state index >= 15 is 0 Å². The second-order valence-corrected chi connectivity index (χ2v) is 3.11. The molecule has 0 fully saturated rings. The van der Waals surface area contributed by atoms with Gasteiger partial charge in [-0.1, -0.05) is 0 Å². The van der Waals surface area contributed by atoms with Crippen molar-refractivity contribution in [1.82, 2.24) is 9.97 Å². The first-order chi connectivity index (χ1) is 7.74. The molecule has 0 N–H and O–H groups in total. The summed E-state index contributed by atoms with van der Waals surface area (Å²) in [4.78, 5) is 8.02. The van der Waals surface area contributed by atoms with Crippen molar-refractivity contribution in [3.05, 3.63) is 29.9 Å². The summed E-state index contributed by atoms with van der Waals surface area (Å²) in [5.41, 5.74) is 0.985. The number of aryl methyl sites for hydroxylation is 1. The number of nitriles is 1. The zero-order chi connectivity index (χ0) is 11.5. The molecule has 16 heavy (non-hydrogen) atoms. The van der Waals surface area contributed by atoms with Gasteiger partial charge in [0.15, 0.2) is 11.7 Å². The Morgan fingerprint density at radius 1 is 1.44 bits per heavy atom. The van der Waals surface area contributed by atoms with Gasteiger partial charge in [-0.05, 0) is 12.1 Å². The lowest BCUT2D eigenvalue weighted by molar-refractivity contribution is 0.397. The predicted molar refractivity (Wildman–Crippen MR) is 55.7 cm³/mol. The Morgan fingerprint density at radius 2 is 2.25 bits per heavy atom. The van der Waals surface area contributed by atoms with Crippen LogP contribution in [0.25, 0.3) is 11.3 Å². The largest absolute Gasteiger partial charge is 0.480 e. The van der Waals surface area contributed by atoms with Crippen molar-refractivity contribution in [3.63, 3.8) is 0 Å². The molecule has 2 rings (SSSR count). The summed E-state index contributed by atoms with van der Waals surface area (Å²) in [6.07, 6.45) is 1.60. The van der Waals surface area contributed by atoms with E-state index in [4.69, 9.17) is 14.4 Å². The van der Waals surface area contributed by atoms with Crippen LogP contribution in [0.3, 0.4) is 0 Å². The molecule has 0 spiro atoms. The number of aromatic nitrogens is 2. The lowest BCUT2D eigenvalue weighted by atomic mass is 10.2. The molecular formula is C11H9N3O2. The van der Waals surface area contributed by atoms with Crippen LogP contribution in [0.4, 0.5) is 0 Å². The number of methoxy groups -OCH3 is 1. The van der Waals surface area contributed by atoms with Gasteiger partial charge in [-0.3, -0.25) is 0 Å². The van der Waals surface area contributed by atoms with Gasteiger partial charge in [-0.2, -0.15) is 5.26 Å². The highest BCUT2D eigenvalue weighted by Gasteiger charge is 2.12. The molecule has 0 aromatic carbocycles. The summed E-state index contributed by atoms with van der Waals surface area (Å²) in [5.74, 6) is 1.50. The number of nitrogens with zero attached hydrogens (tertiary/aromatic N) is 3. The SMILES string of the molecule is COc1nc(C#N)ccc1-c1cnc(C)o1. The van der Waals surface area contributed by atoms with Crippen LogP contribution in [0.15, 0.2) is 22.7 Å². The highest BCUT2D eigenvalue weighted by atomic mass is 16.5. The average Bonchev–Trinajstić information content (AvgIpc) is 2.74. The van der Waals surface area contributed by atoms with Crippen molar-refractivity contribution in [3.8, 4) is 23.3 Å². The fraction of sp³-hybridized carbons (Fsp3) is 0.182. The molecular weight excluding hydrogens is 206 g/mol. The van der Waals surface area contributed by atoms with Crippen LogP contribution in [0, 0.1) is 18.3 Å². The first-order valence-electron chi connectivity index (χ1n) is 4.62. The maximum absolute atomic E-state index is 8.72. The van der Waals surface area contributed by atoms with E-state index in [1.165, 1.54) is 7.11 Å². The summed E-state index contributed by atoms with van der Waals surface area (Å²) in [7, 11) is 1.50. The van der Waals surface area contributed by atoms with E-state index < -0.39 is 0 Å². The van der Waals surface area contributed by atoms with Crippen LogP contribution in [-0.4, -0.2) is 17.1 Å². The number of oxazole rings is 1. The first kappa shape index (κ1) is 10.2. The fourth-order valence-corrected chi connectivity index (χ4v) is 1.33. The first-order valence-corrected chi connectivity index (χ1v) is 4.62. The van der Waals surface area contributed by atoms with Gasteiger partial charge in [0, 0.05) is 6.92 Å². The van der Waals surface area contributed by atoms with Crippen LogP contribution in [-0.2, 0) is 0 Å². The van der Waals surface area contributed by atoms with Crippen LogP contribution < -0.4 is 4.74 Å². The smallest absolute Gasteiger partial charge is 0.225 e. The minimum atomic E-state index is 0.303. The van der Waals surface area contributed by atoms with E-state index in [9.17, 15) is 0 Å². The maximum Gasteiger partial charge on any atom is 0.225 e. The van der Waals surface area contributed by atoms with Gasteiger partial charge < -0.3 is 9.15 Å². The van der Waals surface area contributed by atoms with E-state index in [1.54, 1.807) is 25.3 Å². The van der Waals surface area contributed by atoms with E-state index in [-0.39, 0.29) is 0 Å². The third kappa shape index (κ3) is 1.73. The van der Waals surface area contributed by atoms with E-state index in [0.29, 0.717) is 28.8 Å². The van der Waals surface area contributed by atoms with Crippen molar-refractivity contribution in [2.24, 2.45) is 0 Å². The molecule has 5 nitrogen and oxygen atoms in total. The standard InChI is InChI=1S/C11H9N3O2/c1-7-13-6-10(16-7)9-4-3-8(5-12)14-11(9)15-2/h3-4,6H,1-2H3. The van der Waals surface area contributed by atoms with Gasteiger partial charge in [0.05, 0.1) is 18.9 Å². The van der Waals surface area contributed by atoms with Crippen LogP contribution in [0.2, 0.25) is 0 Å². The number of rotatable bonds is 2. The summed E-state index contributed by atoms with van der Waals surface area (Å²) in [5, 5.41) is 8.72. The van der Waals surface area contributed by atoms with E-state index in [2.05, 4.69) is 9.97 Å². The zero-order valence-electron chi connectivity index (χ0n) is 8.89. The van der Waals surface area contributed by atoms with Gasteiger partial charge in [0.1, 0.15) is 11.8 Å². The Labute approximate surface area is 92.3 Å². The monoisotopic (exact) mass is 215 g/mol. The second-order valence-electron chi connectivity index (χ2n) is 3.11. The molecule has 0 saturated heterocycles. The third-order valence-electron chi connectivity index (χ3n) is 2.05. The molecule has 0 radical (unpaired) electrons. The number of ether oxygens (including phenoxy) is 1. The van der Waals surface area contributed by atoms with Crippen LogP contribution in [0.5, 0.6) is 5.88 Å². The lowest BCUT2D eigenvalue weighted by Gasteiger charge is -2.04. The molecule has 0 aliphatic heterocycles. The van der Waals surface area contributed by atoms with Gasteiger partial charge in [0.25, 0.3) is 0 Å². The molecule has 2 aromatic rings. The van der Waals surface area contributed by atoms with E-state index in [1.807, 2.05) is 6.07 Å². The molecule has 0 unspecified atom stereocenters. The minimum Gasteiger partial charge on any atom is -0.480 e. The molecule has 0 saturated carbocycles. The van der Waals surface area contributed by atoms with Gasteiger partial charge >= 0.3 is 0 Å². The summed E-state index contributed by atoms with van der Waals surface area (Å²) in [6, 6.07) is 5.28. The van der Waals surface area contributed by atoms with Crippen molar-refractivity contribution in [2.45, 2.75) is 6.92 Å². The normalized spacial score (nSPS) is 9.81. The second kappa shape index (κ2) is 4.03. The highest BCUT2D eigenvalue weighted by Crippen LogP contribution is 2.28. The van der Waals surface area contributed by atoms with Gasteiger partial charge in [-0.15, -0.1) is 0 Å². The number of hydrogen-bond donors (Lipinski definition) is 0. The zero-order valence-corrected chi connectivity index (χ0v) is 8.89. The molecule has 0 amide bonds. The van der Waals surface area contributed by atoms with Crippen molar-refractivity contribution >= 4 is 0 Å². The molecule has 0 atom stereocenters. The Morgan fingerprint density at radius 3 is 2.81 bits per heavy atom.